The van der Waals surface area contributed by atoms with Gasteiger partial charge in [-0.3, -0.25) is 9.59 Å². The van der Waals surface area contributed by atoms with Crippen LogP contribution in [0.15, 0.2) is 41.3 Å². The van der Waals surface area contributed by atoms with Gasteiger partial charge in [-0.25, -0.2) is 0 Å². The Labute approximate surface area is 177 Å². The molecule has 0 bridgehead atoms. The van der Waals surface area contributed by atoms with Gasteiger partial charge in [-0.15, -0.1) is 11.8 Å². The highest BCUT2D eigenvalue weighted by molar-refractivity contribution is 8.01. The number of hydrogen-bond acceptors (Lipinski definition) is 5. The van der Waals surface area contributed by atoms with Crippen molar-refractivity contribution in [1.29, 1.82) is 0 Å². The molecule has 6 nitrogen and oxygen atoms in total. The Balaban J connectivity index is 1.24. The maximum absolute atomic E-state index is 12.5. The molecule has 2 aliphatic heterocycles. The van der Waals surface area contributed by atoms with Crippen LogP contribution in [0.2, 0.25) is 5.02 Å². The molecular weight excluding hydrogens is 412 g/mol. The summed E-state index contributed by atoms with van der Waals surface area (Å²) < 4.78 is 12.0. The standard InChI is InChI=1S/C21H19ClN2O4S/c22-12-3-6-17-14(9-12)24-20(26)18(29-17)11-19(25)23-13-4-5-15-16(10-13)28-21(27-15)7-1-2-8-21/h3-6,9-10,18H,1-2,7-8,11H2,(H,23,25)(H,24,26). The summed E-state index contributed by atoms with van der Waals surface area (Å²) in [6.07, 6.45) is 4.01. The van der Waals surface area contributed by atoms with Crippen LogP contribution in [-0.2, 0) is 9.59 Å². The average Bonchev–Trinajstić information content (AvgIpc) is 3.28. The summed E-state index contributed by atoms with van der Waals surface area (Å²) in [4.78, 5) is 25.8. The third-order valence-electron chi connectivity index (χ3n) is 5.32. The van der Waals surface area contributed by atoms with Gasteiger partial charge >= 0.3 is 0 Å². The zero-order chi connectivity index (χ0) is 20.0. The van der Waals surface area contributed by atoms with E-state index in [9.17, 15) is 9.59 Å². The van der Waals surface area contributed by atoms with Gasteiger partial charge in [0, 0.05) is 40.9 Å². The van der Waals surface area contributed by atoms with E-state index in [-0.39, 0.29) is 18.2 Å². The van der Waals surface area contributed by atoms with Crippen molar-refractivity contribution in [2.75, 3.05) is 10.6 Å². The first-order valence-electron chi connectivity index (χ1n) is 9.59. The Hall–Kier alpha value is -2.38. The fourth-order valence-corrected chi connectivity index (χ4v) is 5.19. The van der Waals surface area contributed by atoms with Gasteiger partial charge in [-0.05, 0) is 43.2 Å². The predicted molar refractivity (Wildman–Crippen MR) is 112 cm³/mol. The smallest absolute Gasteiger partial charge is 0.251 e. The molecule has 1 aliphatic carbocycles. The number of carbonyl (C=O) groups is 2. The van der Waals surface area contributed by atoms with Crippen molar-refractivity contribution >= 4 is 46.6 Å². The minimum Gasteiger partial charge on any atom is -0.448 e. The minimum absolute atomic E-state index is 0.0664. The van der Waals surface area contributed by atoms with Crippen LogP contribution in [-0.4, -0.2) is 22.9 Å². The molecule has 2 heterocycles. The molecule has 1 atom stereocenters. The number of hydrogen-bond donors (Lipinski definition) is 2. The van der Waals surface area contributed by atoms with Crippen molar-refractivity contribution in [3.8, 4) is 11.5 Å². The fourth-order valence-electron chi connectivity index (χ4n) is 3.93. The second kappa shape index (κ2) is 7.15. The zero-order valence-corrected chi connectivity index (χ0v) is 17.1. The Morgan fingerprint density at radius 3 is 2.79 bits per heavy atom. The summed E-state index contributed by atoms with van der Waals surface area (Å²) in [7, 11) is 0. The molecule has 2 N–H and O–H groups in total. The Bertz CT molecular complexity index is 1010. The van der Waals surface area contributed by atoms with E-state index in [4.69, 9.17) is 21.1 Å². The van der Waals surface area contributed by atoms with Crippen molar-refractivity contribution < 1.29 is 19.1 Å². The molecule has 29 heavy (non-hydrogen) atoms. The first-order chi connectivity index (χ1) is 14.0. The van der Waals surface area contributed by atoms with E-state index in [1.165, 1.54) is 11.8 Å². The maximum atomic E-state index is 12.5. The van der Waals surface area contributed by atoms with Crippen LogP contribution in [0.5, 0.6) is 11.5 Å². The summed E-state index contributed by atoms with van der Waals surface area (Å²) in [6, 6.07) is 10.7. The third-order valence-corrected chi connectivity index (χ3v) is 6.83. The largest absolute Gasteiger partial charge is 0.448 e. The number of carbonyl (C=O) groups excluding carboxylic acids is 2. The van der Waals surface area contributed by atoms with Gasteiger partial charge < -0.3 is 20.1 Å². The summed E-state index contributed by atoms with van der Waals surface area (Å²) in [5.41, 5.74) is 1.31. The van der Waals surface area contributed by atoms with Gasteiger partial charge in [0.05, 0.1) is 10.9 Å². The Morgan fingerprint density at radius 1 is 1.17 bits per heavy atom. The fraction of sp³-hybridized carbons (Fsp3) is 0.333. The monoisotopic (exact) mass is 430 g/mol. The zero-order valence-electron chi connectivity index (χ0n) is 15.5. The molecule has 2 aromatic rings. The molecule has 2 aromatic carbocycles. The van der Waals surface area contributed by atoms with Crippen molar-refractivity contribution in [3.63, 3.8) is 0 Å². The lowest BCUT2D eigenvalue weighted by Crippen LogP contribution is -2.34. The molecule has 5 rings (SSSR count). The Kier molecular flexibility index (Phi) is 4.59. The van der Waals surface area contributed by atoms with Crippen LogP contribution in [0.1, 0.15) is 32.1 Å². The molecule has 8 heteroatoms. The van der Waals surface area contributed by atoms with Gasteiger partial charge in [0.1, 0.15) is 0 Å². The maximum Gasteiger partial charge on any atom is 0.251 e. The molecule has 1 unspecified atom stereocenters. The van der Waals surface area contributed by atoms with Crippen molar-refractivity contribution in [2.45, 2.75) is 48.0 Å². The van der Waals surface area contributed by atoms with E-state index >= 15 is 0 Å². The van der Waals surface area contributed by atoms with Crippen molar-refractivity contribution in [3.05, 3.63) is 41.4 Å². The number of thioether (sulfide) groups is 1. The molecular formula is C21H19ClN2O4S. The highest BCUT2D eigenvalue weighted by atomic mass is 35.5. The van der Waals surface area contributed by atoms with E-state index in [2.05, 4.69) is 10.6 Å². The number of fused-ring (bicyclic) bond motifs is 2. The quantitative estimate of drug-likeness (QED) is 0.729. The van der Waals surface area contributed by atoms with Gasteiger partial charge in [0.2, 0.25) is 11.8 Å². The lowest BCUT2D eigenvalue weighted by atomic mass is 10.2. The van der Waals surface area contributed by atoms with Crippen molar-refractivity contribution in [2.24, 2.45) is 0 Å². The average molecular weight is 431 g/mol. The van der Waals surface area contributed by atoms with Gasteiger partial charge in [-0.1, -0.05) is 11.6 Å². The van der Waals surface area contributed by atoms with E-state index in [0.29, 0.717) is 27.9 Å². The number of nitrogens with one attached hydrogen (secondary N) is 2. The van der Waals surface area contributed by atoms with Crippen LogP contribution in [0.3, 0.4) is 0 Å². The third kappa shape index (κ3) is 3.65. The number of benzene rings is 2. The summed E-state index contributed by atoms with van der Waals surface area (Å²) in [6.45, 7) is 0. The molecule has 1 fully saturated rings. The summed E-state index contributed by atoms with van der Waals surface area (Å²) in [5, 5.41) is 5.74. The molecule has 0 saturated heterocycles. The van der Waals surface area contributed by atoms with Gasteiger partial charge in [-0.2, -0.15) is 0 Å². The topological polar surface area (TPSA) is 76.7 Å². The number of amides is 2. The second-order valence-electron chi connectivity index (χ2n) is 7.47. The van der Waals surface area contributed by atoms with Crippen molar-refractivity contribution in [1.82, 2.24) is 0 Å². The number of anilines is 2. The van der Waals surface area contributed by atoms with E-state index < -0.39 is 11.0 Å². The van der Waals surface area contributed by atoms with Crippen LogP contribution in [0, 0.1) is 0 Å². The van der Waals surface area contributed by atoms with E-state index in [1.807, 2.05) is 12.1 Å². The molecule has 0 radical (unpaired) electrons. The summed E-state index contributed by atoms with van der Waals surface area (Å²) >= 11 is 7.34. The number of rotatable bonds is 3. The van der Waals surface area contributed by atoms with E-state index in [0.717, 1.165) is 30.6 Å². The minimum atomic E-state index is -0.530. The SMILES string of the molecule is O=C(CC1Sc2ccc(Cl)cc2NC1=O)Nc1ccc2c(c1)OC1(CCCC1)O2. The highest BCUT2D eigenvalue weighted by Crippen LogP contribution is 2.47. The molecule has 150 valence electrons. The predicted octanol–water partition coefficient (Wildman–Crippen LogP) is 4.82. The van der Waals surface area contributed by atoms with Gasteiger partial charge in [0.15, 0.2) is 11.5 Å². The first-order valence-corrected chi connectivity index (χ1v) is 10.8. The van der Waals surface area contributed by atoms with Crippen LogP contribution in [0.4, 0.5) is 11.4 Å². The first kappa shape index (κ1) is 18.6. The van der Waals surface area contributed by atoms with E-state index in [1.54, 1.807) is 24.3 Å². The molecule has 0 aromatic heterocycles. The molecule has 2 amide bonds. The van der Waals surface area contributed by atoms with Crippen LogP contribution < -0.4 is 20.1 Å². The lowest BCUT2D eigenvalue weighted by Gasteiger charge is -2.23. The highest BCUT2D eigenvalue weighted by Gasteiger charge is 2.44. The summed E-state index contributed by atoms with van der Waals surface area (Å²) in [5.74, 6) is 0.402. The number of ether oxygens (including phenoxy) is 2. The molecule has 1 saturated carbocycles. The van der Waals surface area contributed by atoms with Gasteiger partial charge in [0.25, 0.3) is 5.79 Å². The molecule has 1 spiro atoms. The lowest BCUT2D eigenvalue weighted by molar-refractivity contribution is -0.120. The van der Waals surface area contributed by atoms with Crippen LogP contribution in [0.25, 0.3) is 0 Å². The van der Waals surface area contributed by atoms with Crippen LogP contribution >= 0.6 is 23.4 Å². The Morgan fingerprint density at radius 2 is 1.97 bits per heavy atom. The number of halogens is 1. The normalized spacial score (nSPS) is 21.0. The molecule has 3 aliphatic rings. The second-order valence-corrected chi connectivity index (χ2v) is 9.15.